The third-order valence-electron chi connectivity index (χ3n) is 5.50. The van der Waals surface area contributed by atoms with Crippen molar-refractivity contribution in [1.82, 2.24) is 20.3 Å². The molecule has 1 aromatic carbocycles. The summed E-state index contributed by atoms with van der Waals surface area (Å²) in [6.45, 7) is 2.45. The molecule has 0 spiro atoms. The number of nitrogens with one attached hydrogen (secondary N) is 1. The second-order valence-electron chi connectivity index (χ2n) is 7.32. The maximum absolute atomic E-state index is 12.6. The Morgan fingerprint density at radius 2 is 2.27 bits per heavy atom. The summed E-state index contributed by atoms with van der Waals surface area (Å²) >= 11 is 0. The number of amides is 1. The summed E-state index contributed by atoms with van der Waals surface area (Å²) in [5.74, 6) is 1.46. The third kappa shape index (κ3) is 2.62. The van der Waals surface area contributed by atoms with Gasteiger partial charge in [0.25, 0.3) is 5.91 Å². The number of aryl methyl sites for hydroxylation is 2. The average molecular weight is 348 g/mol. The predicted octanol–water partition coefficient (Wildman–Crippen LogP) is 2.69. The maximum atomic E-state index is 12.6. The lowest BCUT2D eigenvalue weighted by Gasteiger charge is -2.13. The Balaban J connectivity index is 1.26. The highest BCUT2D eigenvalue weighted by Gasteiger charge is 2.53. The van der Waals surface area contributed by atoms with Crippen LogP contribution in [-0.4, -0.2) is 26.9 Å². The van der Waals surface area contributed by atoms with Crippen molar-refractivity contribution in [3.8, 4) is 0 Å². The highest BCUT2D eigenvalue weighted by molar-refractivity contribution is 5.92. The Labute approximate surface area is 151 Å². The molecule has 6 heteroatoms. The molecule has 0 unspecified atom stereocenters. The largest absolute Gasteiger partial charge is 0.359 e. The number of rotatable bonds is 4. The Bertz CT molecular complexity index is 974. The van der Waals surface area contributed by atoms with Crippen molar-refractivity contribution in [2.75, 3.05) is 0 Å². The molecule has 0 saturated heterocycles. The molecule has 1 amide bonds. The summed E-state index contributed by atoms with van der Waals surface area (Å²) in [6.07, 6.45) is 5.95. The van der Waals surface area contributed by atoms with E-state index in [1.54, 1.807) is 16.9 Å². The van der Waals surface area contributed by atoms with Crippen LogP contribution in [0.2, 0.25) is 0 Å². The van der Waals surface area contributed by atoms with Crippen LogP contribution in [0.1, 0.15) is 45.3 Å². The van der Waals surface area contributed by atoms with E-state index < -0.39 is 0 Å². The van der Waals surface area contributed by atoms with Gasteiger partial charge in [-0.2, -0.15) is 5.10 Å². The number of fused-ring (bicyclic) bond motifs is 3. The van der Waals surface area contributed by atoms with E-state index >= 15 is 0 Å². The van der Waals surface area contributed by atoms with Gasteiger partial charge in [-0.15, -0.1) is 0 Å². The van der Waals surface area contributed by atoms with Crippen LogP contribution in [0, 0.1) is 12.8 Å². The molecule has 2 aliphatic carbocycles. The summed E-state index contributed by atoms with van der Waals surface area (Å²) in [7, 11) is 0. The Kier molecular flexibility index (Phi) is 3.45. The van der Waals surface area contributed by atoms with Gasteiger partial charge in [-0.1, -0.05) is 29.4 Å². The molecule has 5 rings (SSSR count). The smallest absolute Gasteiger partial charge is 0.273 e. The van der Waals surface area contributed by atoms with Crippen molar-refractivity contribution in [1.29, 1.82) is 0 Å². The van der Waals surface area contributed by atoms with Gasteiger partial charge in [-0.25, -0.2) is 0 Å². The monoisotopic (exact) mass is 348 g/mol. The highest BCUT2D eigenvalue weighted by Crippen LogP contribution is 2.54. The van der Waals surface area contributed by atoms with Crippen molar-refractivity contribution >= 4 is 5.91 Å². The van der Waals surface area contributed by atoms with Crippen molar-refractivity contribution < 1.29 is 9.32 Å². The zero-order valence-electron chi connectivity index (χ0n) is 14.6. The van der Waals surface area contributed by atoms with E-state index in [1.165, 1.54) is 11.1 Å². The molecule has 2 aliphatic rings. The second kappa shape index (κ2) is 5.83. The summed E-state index contributed by atoms with van der Waals surface area (Å²) in [4.78, 5) is 12.6. The first-order chi connectivity index (χ1) is 12.7. The minimum Gasteiger partial charge on any atom is -0.359 e. The molecule has 2 aromatic heterocycles. The Morgan fingerprint density at radius 3 is 3.12 bits per heavy atom. The first-order valence-electron chi connectivity index (χ1n) is 9.02. The molecule has 1 saturated carbocycles. The van der Waals surface area contributed by atoms with Crippen molar-refractivity contribution in [2.45, 2.75) is 38.3 Å². The van der Waals surface area contributed by atoms with Gasteiger partial charge in [0.2, 0.25) is 0 Å². The lowest BCUT2D eigenvalue weighted by Crippen LogP contribution is -2.27. The van der Waals surface area contributed by atoms with Crippen molar-refractivity contribution in [3.05, 3.63) is 70.9 Å². The molecular formula is C20H20N4O2. The van der Waals surface area contributed by atoms with Gasteiger partial charge < -0.3 is 9.84 Å². The number of benzene rings is 1. The summed E-state index contributed by atoms with van der Waals surface area (Å²) < 4.78 is 7.07. The van der Waals surface area contributed by atoms with Crippen LogP contribution in [0.15, 0.2) is 47.2 Å². The minimum atomic E-state index is -0.159. The highest BCUT2D eigenvalue weighted by atomic mass is 16.5. The number of aromatic nitrogens is 3. The fourth-order valence-corrected chi connectivity index (χ4v) is 4.20. The average Bonchev–Trinajstić information content (AvgIpc) is 2.95. The van der Waals surface area contributed by atoms with Crippen LogP contribution in [0.5, 0.6) is 0 Å². The molecule has 0 radical (unpaired) electrons. The fourth-order valence-electron chi connectivity index (χ4n) is 4.20. The fraction of sp³-hybridized carbons (Fsp3) is 0.350. The predicted molar refractivity (Wildman–Crippen MR) is 94.8 cm³/mol. The molecule has 3 aromatic rings. The van der Waals surface area contributed by atoms with E-state index in [2.05, 4.69) is 39.8 Å². The number of hydrogen-bond donors (Lipinski definition) is 1. The SMILES string of the molecule is Cc1cnn(Cc2cc(C(=O)N[C@@H]3[C@H]4CCc5ccccc5[C@H]43)no2)c1. The van der Waals surface area contributed by atoms with Gasteiger partial charge in [0.05, 0.1) is 6.20 Å². The number of nitrogens with zero attached hydrogens (tertiary/aromatic N) is 3. The van der Waals surface area contributed by atoms with E-state index in [9.17, 15) is 4.79 Å². The molecule has 132 valence electrons. The quantitative estimate of drug-likeness (QED) is 0.787. The zero-order chi connectivity index (χ0) is 17.7. The van der Waals surface area contributed by atoms with Gasteiger partial charge in [0.1, 0.15) is 6.54 Å². The molecule has 26 heavy (non-hydrogen) atoms. The standard InChI is InChI=1S/C20H20N4O2/c1-12-9-21-24(10-12)11-14-8-17(23-26-14)20(25)22-19-16-7-6-13-4-2-3-5-15(13)18(16)19/h2-5,8-10,16,18-19H,6-7,11H2,1H3,(H,22,25)/t16-,18+,19+/m0/s1. The van der Waals surface area contributed by atoms with Crippen molar-refractivity contribution in [3.63, 3.8) is 0 Å². The van der Waals surface area contributed by atoms with Crippen LogP contribution in [0.3, 0.4) is 0 Å². The molecule has 0 bridgehead atoms. The molecular weight excluding hydrogens is 328 g/mol. The van der Waals surface area contributed by atoms with E-state index in [1.807, 2.05) is 13.1 Å². The molecule has 2 heterocycles. The van der Waals surface area contributed by atoms with E-state index in [4.69, 9.17) is 4.52 Å². The van der Waals surface area contributed by atoms with Gasteiger partial charge in [-0.05, 0) is 42.4 Å². The zero-order valence-corrected chi connectivity index (χ0v) is 14.6. The molecule has 1 fully saturated rings. The van der Waals surface area contributed by atoms with Crippen LogP contribution in [0.25, 0.3) is 0 Å². The van der Waals surface area contributed by atoms with Gasteiger partial charge in [0, 0.05) is 24.2 Å². The maximum Gasteiger partial charge on any atom is 0.273 e. The summed E-state index contributed by atoms with van der Waals surface area (Å²) in [5.41, 5.74) is 4.23. The van der Waals surface area contributed by atoms with Crippen LogP contribution in [-0.2, 0) is 13.0 Å². The van der Waals surface area contributed by atoms with Gasteiger partial charge in [-0.3, -0.25) is 9.48 Å². The minimum absolute atomic E-state index is 0.159. The first kappa shape index (κ1) is 15.4. The number of hydrogen-bond acceptors (Lipinski definition) is 4. The van der Waals surface area contributed by atoms with Crippen molar-refractivity contribution in [2.24, 2.45) is 5.92 Å². The summed E-state index contributed by atoms with van der Waals surface area (Å²) in [5, 5.41) is 11.3. The van der Waals surface area contributed by atoms with Gasteiger partial charge >= 0.3 is 0 Å². The second-order valence-corrected chi connectivity index (χ2v) is 7.32. The molecule has 6 nitrogen and oxygen atoms in total. The van der Waals surface area contributed by atoms with Crippen LogP contribution in [0.4, 0.5) is 0 Å². The van der Waals surface area contributed by atoms with E-state index in [-0.39, 0.29) is 11.9 Å². The summed E-state index contributed by atoms with van der Waals surface area (Å²) in [6, 6.07) is 10.5. The topological polar surface area (TPSA) is 73.0 Å². The Hall–Kier alpha value is -2.89. The number of carbonyl (C=O) groups is 1. The van der Waals surface area contributed by atoms with Crippen LogP contribution >= 0.6 is 0 Å². The normalized spacial score (nSPS) is 23.2. The first-order valence-corrected chi connectivity index (χ1v) is 9.02. The number of carbonyl (C=O) groups excluding carboxylic acids is 1. The third-order valence-corrected chi connectivity index (χ3v) is 5.50. The lowest BCUT2D eigenvalue weighted by molar-refractivity contribution is 0.0939. The molecule has 1 N–H and O–H groups in total. The Morgan fingerprint density at radius 1 is 1.38 bits per heavy atom. The lowest BCUT2D eigenvalue weighted by atomic mass is 9.92. The van der Waals surface area contributed by atoms with E-state index in [0.29, 0.717) is 29.8 Å². The molecule has 3 atom stereocenters. The molecule has 0 aliphatic heterocycles. The van der Waals surface area contributed by atoms with Crippen LogP contribution < -0.4 is 5.32 Å². The van der Waals surface area contributed by atoms with Gasteiger partial charge in [0.15, 0.2) is 11.5 Å². The van der Waals surface area contributed by atoms with E-state index in [0.717, 1.165) is 18.4 Å².